The number of hydrogen-bond acceptors (Lipinski definition) is 4. The smallest absolute Gasteiger partial charge is 0.166 e. The average molecular weight is 211 g/mol. The molecule has 15 heavy (non-hydrogen) atoms. The first-order valence-corrected chi connectivity index (χ1v) is 4.76. The van der Waals surface area contributed by atoms with Gasteiger partial charge in [-0.05, 0) is 13.0 Å². The first kappa shape index (κ1) is 11.8. The van der Waals surface area contributed by atoms with Crippen LogP contribution in [-0.2, 0) is 0 Å². The summed E-state index contributed by atoms with van der Waals surface area (Å²) in [5, 5.41) is 9.87. The number of hydrogen-bond donors (Lipinski definition) is 2. The van der Waals surface area contributed by atoms with Crippen molar-refractivity contribution in [3.8, 4) is 11.5 Å². The Balaban J connectivity index is 3.16. The Bertz CT molecular complexity index is 326. The fourth-order valence-corrected chi connectivity index (χ4v) is 1.43. The highest BCUT2D eigenvalue weighted by Crippen LogP contribution is 2.35. The summed E-state index contributed by atoms with van der Waals surface area (Å²) in [6.45, 7) is 1.74. The van der Waals surface area contributed by atoms with Gasteiger partial charge in [-0.15, -0.1) is 0 Å². The van der Waals surface area contributed by atoms with E-state index in [0.717, 1.165) is 0 Å². The average Bonchev–Trinajstić information content (AvgIpc) is 2.26. The lowest BCUT2D eigenvalue weighted by molar-refractivity contribution is 0.148. The van der Waals surface area contributed by atoms with Crippen LogP contribution in [-0.4, -0.2) is 25.4 Å². The molecule has 0 saturated heterocycles. The third kappa shape index (κ3) is 2.40. The number of nitrogens with two attached hydrogens (primary N) is 1. The van der Waals surface area contributed by atoms with Crippen molar-refractivity contribution < 1.29 is 14.6 Å². The van der Waals surface area contributed by atoms with Crippen LogP contribution in [0.4, 0.5) is 0 Å². The Kier molecular flexibility index (Phi) is 3.94. The lowest BCUT2D eigenvalue weighted by atomic mass is 10.0. The van der Waals surface area contributed by atoms with Crippen LogP contribution in [0.5, 0.6) is 11.5 Å². The van der Waals surface area contributed by atoms with Gasteiger partial charge in [-0.3, -0.25) is 0 Å². The molecule has 1 rings (SSSR count). The standard InChI is InChI=1S/C11H17NO3/c1-7(12)10(13)8-5-4-6-9(14-2)11(8)15-3/h4-7,10,13H,12H2,1-3H3/t7-,10-/m0/s1. The molecule has 0 amide bonds. The van der Waals surface area contributed by atoms with E-state index in [0.29, 0.717) is 17.1 Å². The minimum atomic E-state index is -0.755. The number of aliphatic hydroxyl groups excluding tert-OH is 1. The zero-order valence-electron chi connectivity index (χ0n) is 9.23. The van der Waals surface area contributed by atoms with Gasteiger partial charge in [0.2, 0.25) is 0 Å². The molecule has 1 aromatic carbocycles. The van der Waals surface area contributed by atoms with E-state index >= 15 is 0 Å². The summed E-state index contributed by atoms with van der Waals surface area (Å²) >= 11 is 0. The predicted molar refractivity (Wildman–Crippen MR) is 58.2 cm³/mol. The van der Waals surface area contributed by atoms with Crippen molar-refractivity contribution in [1.82, 2.24) is 0 Å². The van der Waals surface area contributed by atoms with Crippen molar-refractivity contribution in [3.63, 3.8) is 0 Å². The van der Waals surface area contributed by atoms with E-state index in [2.05, 4.69) is 0 Å². The fourth-order valence-electron chi connectivity index (χ4n) is 1.43. The first-order chi connectivity index (χ1) is 7.11. The summed E-state index contributed by atoms with van der Waals surface area (Å²) in [5.41, 5.74) is 6.28. The van der Waals surface area contributed by atoms with E-state index in [1.807, 2.05) is 0 Å². The van der Waals surface area contributed by atoms with Crippen LogP contribution in [0, 0.1) is 0 Å². The lowest BCUT2D eigenvalue weighted by Crippen LogP contribution is -2.24. The van der Waals surface area contributed by atoms with Gasteiger partial charge in [-0.25, -0.2) is 0 Å². The molecule has 2 atom stereocenters. The Morgan fingerprint density at radius 3 is 2.40 bits per heavy atom. The van der Waals surface area contributed by atoms with Crippen LogP contribution < -0.4 is 15.2 Å². The van der Waals surface area contributed by atoms with Crippen molar-refractivity contribution in [2.24, 2.45) is 5.73 Å². The number of para-hydroxylation sites is 1. The van der Waals surface area contributed by atoms with E-state index in [1.165, 1.54) is 7.11 Å². The summed E-state index contributed by atoms with van der Waals surface area (Å²) in [6.07, 6.45) is -0.755. The van der Waals surface area contributed by atoms with Crippen LogP contribution >= 0.6 is 0 Å². The molecule has 0 fully saturated rings. The number of methoxy groups -OCH3 is 2. The van der Waals surface area contributed by atoms with Crippen molar-refractivity contribution in [2.45, 2.75) is 19.1 Å². The van der Waals surface area contributed by atoms with Gasteiger partial charge in [0.1, 0.15) is 0 Å². The van der Waals surface area contributed by atoms with Gasteiger partial charge in [0.05, 0.1) is 20.3 Å². The Hall–Kier alpha value is -1.26. The summed E-state index contributed by atoms with van der Waals surface area (Å²) in [4.78, 5) is 0. The summed E-state index contributed by atoms with van der Waals surface area (Å²) in [6, 6.07) is 4.99. The van der Waals surface area contributed by atoms with Gasteiger partial charge >= 0.3 is 0 Å². The summed E-state index contributed by atoms with van der Waals surface area (Å²) < 4.78 is 10.3. The molecule has 0 saturated carbocycles. The van der Waals surface area contributed by atoms with Gasteiger partial charge in [0.25, 0.3) is 0 Å². The van der Waals surface area contributed by atoms with E-state index < -0.39 is 6.10 Å². The van der Waals surface area contributed by atoms with Crippen LogP contribution in [0.15, 0.2) is 18.2 Å². The highest BCUT2D eigenvalue weighted by atomic mass is 16.5. The van der Waals surface area contributed by atoms with Crippen molar-refractivity contribution in [1.29, 1.82) is 0 Å². The second-order valence-electron chi connectivity index (χ2n) is 3.39. The predicted octanol–water partition coefficient (Wildman–Crippen LogP) is 1.08. The van der Waals surface area contributed by atoms with Gasteiger partial charge in [0, 0.05) is 11.6 Å². The largest absolute Gasteiger partial charge is 0.493 e. The first-order valence-electron chi connectivity index (χ1n) is 4.76. The maximum atomic E-state index is 9.87. The Morgan fingerprint density at radius 1 is 1.27 bits per heavy atom. The zero-order chi connectivity index (χ0) is 11.4. The minimum absolute atomic E-state index is 0.356. The van der Waals surface area contributed by atoms with Crippen LogP contribution in [0.1, 0.15) is 18.6 Å². The molecule has 3 N–H and O–H groups in total. The van der Waals surface area contributed by atoms with Crippen molar-refractivity contribution in [2.75, 3.05) is 14.2 Å². The molecule has 0 heterocycles. The molecule has 0 spiro atoms. The van der Waals surface area contributed by atoms with Crippen molar-refractivity contribution >= 4 is 0 Å². The molecule has 84 valence electrons. The van der Waals surface area contributed by atoms with E-state index in [4.69, 9.17) is 15.2 Å². The van der Waals surface area contributed by atoms with E-state index in [9.17, 15) is 5.11 Å². The number of ether oxygens (including phenoxy) is 2. The van der Waals surface area contributed by atoms with E-state index in [1.54, 1.807) is 32.2 Å². The number of aliphatic hydroxyl groups is 1. The Morgan fingerprint density at radius 2 is 1.93 bits per heavy atom. The number of benzene rings is 1. The fraction of sp³-hybridized carbons (Fsp3) is 0.455. The van der Waals surface area contributed by atoms with E-state index in [-0.39, 0.29) is 6.04 Å². The minimum Gasteiger partial charge on any atom is -0.493 e. The maximum Gasteiger partial charge on any atom is 0.166 e. The van der Waals surface area contributed by atoms with Crippen LogP contribution in [0.25, 0.3) is 0 Å². The van der Waals surface area contributed by atoms with Gasteiger partial charge in [-0.2, -0.15) is 0 Å². The summed E-state index contributed by atoms with van der Waals surface area (Å²) in [5.74, 6) is 1.12. The quantitative estimate of drug-likeness (QED) is 0.782. The molecule has 0 aliphatic rings. The maximum absolute atomic E-state index is 9.87. The topological polar surface area (TPSA) is 64.7 Å². The molecule has 0 bridgehead atoms. The van der Waals surface area contributed by atoms with Crippen LogP contribution in [0.2, 0.25) is 0 Å². The highest BCUT2D eigenvalue weighted by molar-refractivity contribution is 5.47. The van der Waals surface area contributed by atoms with Gasteiger partial charge < -0.3 is 20.3 Å². The molecule has 0 aliphatic heterocycles. The summed E-state index contributed by atoms with van der Waals surface area (Å²) in [7, 11) is 3.09. The third-order valence-corrected chi connectivity index (χ3v) is 2.25. The van der Waals surface area contributed by atoms with Crippen molar-refractivity contribution in [3.05, 3.63) is 23.8 Å². The SMILES string of the molecule is COc1cccc([C@@H](O)[C@H](C)N)c1OC. The van der Waals surface area contributed by atoms with Crippen LogP contribution in [0.3, 0.4) is 0 Å². The molecule has 0 unspecified atom stereocenters. The second-order valence-corrected chi connectivity index (χ2v) is 3.39. The molecule has 0 aromatic heterocycles. The highest BCUT2D eigenvalue weighted by Gasteiger charge is 2.19. The molecular formula is C11H17NO3. The zero-order valence-corrected chi connectivity index (χ0v) is 9.23. The third-order valence-electron chi connectivity index (χ3n) is 2.25. The number of rotatable bonds is 4. The second kappa shape index (κ2) is 5.00. The molecule has 1 aromatic rings. The monoisotopic (exact) mass is 211 g/mol. The molecular weight excluding hydrogens is 194 g/mol. The van der Waals surface area contributed by atoms with Gasteiger partial charge in [0.15, 0.2) is 11.5 Å². The molecule has 0 radical (unpaired) electrons. The van der Waals surface area contributed by atoms with Gasteiger partial charge in [-0.1, -0.05) is 12.1 Å². The molecule has 4 heteroatoms. The molecule has 4 nitrogen and oxygen atoms in total. The lowest BCUT2D eigenvalue weighted by Gasteiger charge is -2.19. The normalized spacial score (nSPS) is 14.5. The Labute approximate surface area is 89.6 Å². The molecule has 0 aliphatic carbocycles.